The van der Waals surface area contributed by atoms with E-state index < -0.39 is 28.9 Å². The number of carbonyl (C=O) groups is 2. The van der Waals surface area contributed by atoms with Crippen molar-refractivity contribution in [1.29, 1.82) is 0 Å². The highest BCUT2D eigenvalue weighted by atomic mass is 16.6. The lowest BCUT2D eigenvalue weighted by Gasteiger charge is -2.07. The van der Waals surface area contributed by atoms with Gasteiger partial charge >= 0.3 is 17.6 Å². The number of fused-ring (bicyclic) bond motifs is 3. The van der Waals surface area contributed by atoms with E-state index in [-0.39, 0.29) is 17.8 Å². The molecule has 3 aromatic carbocycles. The normalized spacial score (nSPS) is 12.2. The number of carboxylic acids is 2. The molecule has 0 spiro atoms. The number of nitrogens with two attached hydrogens (primary N) is 5. The number of nitro groups is 1. The van der Waals surface area contributed by atoms with Gasteiger partial charge in [-0.05, 0) is 86.5 Å². The van der Waals surface area contributed by atoms with E-state index in [0.717, 1.165) is 33.4 Å². The zero-order valence-corrected chi connectivity index (χ0v) is 26.6. The molecule has 0 aliphatic heterocycles. The summed E-state index contributed by atoms with van der Waals surface area (Å²) in [5.74, 6) is -2.16. The molecule has 0 bridgehead atoms. The van der Waals surface area contributed by atoms with E-state index >= 15 is 0 Å². The number of nitrogens with one attached hydrogen (secondary N) is 3. The Morgan fingerprint density at radius 1 is 0.750 bits per heavy atom. The van der Waals surface area contributed by atoms with Crippen molar-refractivity contribution in [1.82, 2.24) is 15.0 Å². The molecule has 15 heteroatoms. The van der Waals surface area contributed by atoms with Crippen LogP contribution in [0.2, 0.25) is 0 Å². The molecule has 2 unspecified atom stereocenters. The van der Waals surface area contributed by atoms with Crippen molar-refractivity contribution in [3.05, 3.63) is 92.9 Å². The summed E-state index contributed by atoms with van der Waals surface area (Å²) in [6.45, 7) is 5.65. The first-order valence-electron chi connectivity index (χ1n) is 14.8. The Morgan fingerprint density at radius 3 is 1.88 bits per heavy atom. The molecule has 0 aliphatic carbocycles. The molecule has 3 aromatic heterocycles. The van der Waals surface area contributed by atoms with E-state index in [2.05, 4.69) is 21.0 Å². The number of nitrogen functional groups attached to an aromatic ring is 3. The summed E-state index contributed by atoms with van der Waals surface area (Å²) in [5, 5.41) is 31.4. The predicted molar refractivity (Wildman–Crippen MR) is 188 cm³/mol. The number of aromatic nitrogens is 3. The average molecular weight is 658 g/mol. The molecule has 0 aliphatic rings. The largest absolute Gasteiger partial charge is 0.480 e. The van der Waals surface area contributed by atoms with Gasteiger partial charge in [-0.2, -0.15) is 0 Å². The number of benzene rings is 3. The number of aromatic amines is 3. The van der Waals surface area contributed by atoms with Crippen LogP contribution in [0.25, 0.3) is 32.7 Å². The fourth-order valence-electron chi connectivity index (χ4n) is 5.51. The van der Waals surface area contributed by atoms with E-state index in [9.17, 15) is 19.7 Å². The highest BCUT2D eigenvalue weighted by Crippen LogP contribution is 2.36. The molecular weight excluding hydrogens is 618 g/mol. The Kier molecular flexibility index (Phi) is 10.3. The minimum atomic E-state index is -1.16. The summed E-state index contributed by atoms with van der Waals surface area (Å²) in [4.78, 5) is 41.7. The molecule has 0 radical (unpaired) electrons. The van der Waals surface area contributed by atoms with Crippen LogP contribution in [-0.2, 0) is 22.4 Å². The van der Waals surface area contributed by atoms with Crippen molar-refractivity contribution in [2.45, 2.75) is 45.7 Å². The van der Waals surface area contributed by atoms with Gasteiger partial charge < -0.3 is 53.8 Å². The molecule has 15 N–H and O–H groups in total. The molecule has 0 amide bonds. The molecule has 3 heterocycles. The van der Waals surface area contributed by atoms with Gasteiger partial charge in [0.1, 0.15) is 17.8 Å². The monoisotopic (exact) mass is 657 g/mol. The third kappa shape index (κ3) is 7.66. The van der Waals surface area contributed by atoms with Crippen LogP contribution < -0.4 is 28.7 Å². The molecule has 48 heavy (non-hydrogen) atoms. The van der Waals surface area contributed by atoms with Gasteiger partial charge in [-0.3, -0.25) is 19.7 Å². The molecule has 6 rings (SSSR count). The van der Waals surface area contributed by atoms with Crippen LogP contribution in [0.1, 0.15) is 28.2 Å². The Morgan fingerprint density at radius 2 is 1.27 bits per heavy atom. The van der Waals surface area contributed by atoms with E-state index in [1.165, 1.54) is 17.1 Å². The lowest BCUT2D eigenvalue weighted by Crippen LogP contribution is -2.32. The first kappa shape index (κ1) is 34.8. The second kappa shape index (κ2) is 14.1. The zero-order valence-electron chi connectivity index (χ0n) is 26.6. The lowest BCUT2D eigenvalue weighted by molar-refractivity contribution is -0.382. The Hall–Kier alpha value is -6.06. The summed E-state index contributed by atoms with van der Waals surface area (Å²) in [6, 6.07) is 14.5. The van der Waals surface area contributed by atoms with E-state index in [1.807, 2.05) is 44.2 Å². The number of nitro benzene ring substituents is 1. The average Bonchev–Trinajstić information content (AvgIpc) is 3.64. The number of aryl methyl sites for hydroxylation is 3. The number of rotatable bonds is 7. The highest BCUT2D eigenvalue weighted by Gasteiger charge is 2.25. The van der Waals surface area contributed by atoms with Crippen molar-refractivity contribution in [3.8, 4) is 0 Å². The fraction of sp³-hybridized carbons (Fsp3) is 0.212. The van der Waals surface area contributed by atoms with Crippen LogP contribution in [0.3, 0.4) is 0 Å². The molecule has 0 fully saturated rings. The van der Waals surface area contributed by atoms with Gasteiger partial charge in [-0.1, -0.05) is 0 Å². The Labute approximate surface area is 274 Å². The summed E-state index contributed by atoms with van der Waals surface area (Å²) >= 11 is 0. The van der Waals surface area contributed by atoms with Crippen molar-refractivity contribution >= 4 is 67.4 Å². The van der Waals surface area contributed by atoms with Gasteiger partial charge in [0.05, 0.1) is 15.8 Å². The van der Waals surface area contributed by atoms with Crippen molar-refractivity contribution in [2.24, 2.45) is 11.5 Å². The smallest absolute Gasteiger partial charge is 0.320 e. The molecular formula is C33H39N9O6. The predicted octanol–water partition coefficient (Wildman–Crippen LogP) is 3.99. The summed E-state index contributed by atoms with van der Waals surface area (Å²) in [6.07, 6.45) is 0.288. The number of aliphatic carboxylic acids is 2. The van der Waals surface area contributed by atoms with Crippen molar-refractivity contribution < 1.29 is 24.7 Å². The van der Waals surface area contributed by atoms with Crippen LogP contribution in [0.15, 0.2) is 54.6 Å². The quantitative estimate of drug-likeness (QED) is 0.0664. The van der Waals surface area contributed by atoms with Gasteiger partial charge in [0, 0.05) is 63.1 Å². The molecule has 6 aromatic rings. The third-order valence-electron chi connectivity index (χ3n) is 7.87. The lowest BCUT2D eigenvalue weighted by atomic mass is 10.0. The zero-order chi connectivity index (χ0) is 35.4. The summed E-state index contributed by atoms with van der Waals surface area (Å²) in [7, 11) is 0. The number of anilines is 3. The third-order valence-corrected chi connectivity index (χ3v) is 7.87. The van der Waals surface area contributed by atoms with Gasteiger partial charge in [-0.25, -0.2) is 0 Å². The molecule has 2 atom stereocenters. The minimum absolute atomic E-state index is 0.00847. The standard InChI is InChI=1S/C12H14N4O4.C12H15N3O2.C9H10N2/c1-5-6(4-8(14)12(17)18)10-9(15-5)3-2-7(13)11(10)16(19)20;1-6-8(5-10(14)12(16)17)9-4-7(13)2-3-11(9)15-6;1-6-4-7-5-8(10)2-3-9(7)11-6/h2-3,8,15H,4,13-14H2,1H3,(H,17,18);2-4,10,15H,5,13-14H2,1H3,(H,16,17);2-5,11H,10H2,1H3. The number of nitrogens with zero attached hydrogens (tertiary/aromatic N) is 1. The van der Waals surface area contributed by atoms with Gasteiger partial charge in [0.2, 0.25) is 0 Å². The van der Waals surface area contributed by atoms with Gasteiger partial charge in [0.15, 0.2) is 0 Å². The van der Waals surface area contributed by atoms with Gasteiger partial charge in [-0.15, -0.1) is 0 Å². The first-order valence-corrected chi connectivity index (χ1v) is 14.8. The molecule has 0 saturated carbocycles. The summed E-state index contributed by atoms with van der Waals surface area (Å²) in [5.41, 5.74) is 36.2. The fourth-order valence-corrected chi connectivity index (χ4v) is 5.51. The van der Waals surface area contributed by atoms with E-state index in [1.54, 1.807) is 19.1 Å². The van der Waals surface area contributed by atoms with E-state index in [4.69, 9.17) is 38.9 Å². The van der Waals surface area contributed by atoms with Crippen LogP contribution in [0.5, 0.6) is 0 Å². The highest BCUT2D eigenvalue weighted by molar-refractivity contribution is 5.98. The maximum Gasteiger partial charge on any atom is 0.320 e. The molecule has 15 nitrogen and oxygen atoms in total. The summed E-state index contributed by atoms with van der Waals surface area (Å²) < 4.78 is 0. The number of hydrogen-bond donors (Lipinski definition) is 10. The number of carboxylic acid groups (broad SMARTS) is 2. The van der Waals surface area contributed by atoms with Crippen molar-refractivity contribution in [3.63, 3.8) is 0 Å². The minimum Gasteiger partial charge on any atom is -0.480 e. The van der Waals surface area contributed by atoms with Crippen LogP contribution >= 0.6 is 0 Å². The van der Waals surface area contributed by atoms with Crippen LogP contribution in [-0.4, -0.2) is 54.1 Å². The molecule has 252 valence electrons. The Balaban J connectivity index is 0.000000169. The van der Waals surface area contributed by atoms with Crippen LogP contribution in [0.4, 0.5) is 22.7 Å². The van der Waals surface area contributed by atoms with Crippen LogP contribution in [0, 0.1) is 30.9 Å². The van der Waals surface area contributed by atoms with Crippen molar-refractivity contribution in [2.75, 3.05) is 17.2 Å². The van der Waals surface area contributed by atoms with Gasteiger partial charge in [0.25, 0.3) is 0 Å². The number of hydrogen-bond acceptors (Lipinski definition) is 9. The maximum atomic E-state index is 11.2. The second-order valence-corrected chi connectivity index (χ2v) is 11.5. The first-order chi connectivity index (χ1) is 22.6. The maximum absolute atomic E-state index is 11.2. The molecule has 0 saturated heterocycles. The number of H-pyrrole nitrogens is 3. The Bertz CT molecular complexity index is 2150. The topological polar surface area (TPSA) is 295 Å². The SMILES string of the molecule is Cc1[nH]c2ccc(N)c([N+](=O)[O-])c2c1CC(N)C(=O)O.Cc1[nH]c2ccc(N)cc2c1CC(N)C(=O)O.Cc1cc2cc(N)ccc2[nH]1. The second-order valence-electron chi connectivity index (χ2n) is 11.5. The van der Waals surface area contributed by atoms with E-state index in [0.29, 0.717) is 34.3 Å².